The van der Waals surface area contributed by atoms with Crippen molar-refractivity contribution in [2.75, 3.05) is 12.3 Å². The van der Waals surface area contributed by atoms with Gasteiger partial charge in [0.05, 0.1) is 5.69 Å². The van der Waals surface area contributed by atoms with Crippen LogP contribution in [0.3, 0.4) is 0 Å². The van der Waals surface area contributed by atoms with Crippen molar-refractivity contribution in [1.29, 1.82) is 0 Å². The van der Waals surface area contributed by atoms with Crippen LogP contribution in [0.1, 0.15) is 37.7 Å². The number of carbonyl (C=O) groups is 1. The van der Waals surface area contributed by atoms with E-state index in [0.717, 1.165) is 12.1 Å². The molecule has 21 heavy (non-hydrogen) atoms. The zero-order chi connectivity index (χ0) is 15.5. The molecule has 0 fully saturated rings. The maximum absolute atomic E-state index is 12.1. The number of benzene rings is 1. The molecule has 2 aromatic rings. The second-order valence-electron chi connectivity index (χ2n) is 5.94. The molecule has 0 saturated carbocycles. The molecular formula is C16H22N4O. The van der Waals surface area contributed by atoms with E-state index in [4.69, 9.17) is 5.73 Å². The fraction of sp³-hybridized carbons (Fsp3) is 0.375. The number of nitrogens with two attached hydrogens (primary N) is 1. The minimum atomic E-state index is -0.147. The van der Waals surface area contributed by atoms with Crippen LogP contribution in [0.15, 0.2) is 36.5 Å². The number of hydrogen-bond acceptors (Lipinski definition) is 3. The minimum absolute atomic E-state index is 0.0924. The van der Waals surface area contributed by atoms with Crippen molar-refractivity contribution >= 4 is 11.6 Å². The van der Waals surface area contributed by atoms with E-state index in [-0.39, 0.29) is 11.3 Å². The Labute approximate surface area is 125 Å². The van der Waals surface area contributed by atoms with Gasteiger partial charge < -0.3 is 11.1 Å². The second kappa shape index (κ2) is 5.99. The zero-order valence-corrected chi connectivity index (χ0v) is 12.8. The van der Waals surface area contributed by atoms with Gasteiger partial charge in [-0.25, -0.2) is 4.68 Å². The Morgan fingerprint density at radius 2 is 1.95 bits per heavy atom. The van der Waals surface area contributed by atoms with Crippen molar-refractivity contribution in [2.24, 2.45) is 5.41 Å². The van der Waals surface area contributed by atoms with E-state index in [2.05, 4.69) is 31.2 Å². The van der Waals surface area contributed by atoms with Crippen molar-refractivity contribution in [2.45, 2.75) is 27.2 Å². The minimum Gasteiger partial charge on any atom is -0.399 e. The van der Waals surface area contributed by atoms with E-state index in [0.29, 0.717) is 17.9 Å². The van der Waals surface area contributed by atoms with Crippen molar-refractivity contribution in [3.05, 3.63) is 42.2 Å². The molecule has 2 rings (SSSR count). The van der Waals surface area contributed by atoms with E-state index in [9.17, 15) is 4.79 Å². The highest BCUT2D eigenvalue weighted by Crippen LogP contribution is 2.18. The normalized spacial score (nSPS) is 11.4. The topological polar surface area (TPSA) is 72.9 Å². The Hall–Kier alpha value is -2.30. The predicted octanol–water partition coefficient (Wildman–Crippen LogP) is 2.62. The third kappa shape index (κ3) is 3.84. The van der Waals surface area contributed by atoms with Crippen LogP contribution in [0.2, 0.25) is 0 Å². The molecule has 0 unspecified atom stereocenters. The maximum atomic E-state index is 12.1. The lowest BCUT2D eigenvalue weighted by atomic mass is 9.90. The molecule has 1 heterocycles. The zero-order valence-electron chi connectivity index (χ0n) is 12.8. The first-order valence-corrected chi connectivity index (χ1v) is 7.11. The Kier molecular flexibility index (Phi) is 4.31. The molecule has 5 heteroatoms. The smallest absolute Gasteiger partial charge is 0.271 e. The summed E-state index contributed by atoms with van der Waals surface area (Å²) in [6.07, 6.45) is 2.78. The van der Waals surface area contributed by atoms with E-state index in [1.807, 2.05) is 12.1 Å². The van der Waals surface area contributed by atoms with Gasteiger partial charge in [0, 0.05) is 18.4 Å². The lowest BCUT2D eigenvalue weighted by Crippen LogP contribution is -2.33. The number of hydrogen-bond donors (Lipinski definition) is 2. The number of amides is 1. The van der Waals surface area contributed by atoms with Gasteiger partial charge in [0.25, 0.3) is 5.91 Å². The van der Waals surface area contributed by atoms with E-state index >= 15 is 0 Å². The number of aromatic nitrogens is 2. The lowest BCUT2D eigenvalue weighted by Gasteiger charge is -2.22. The van der Waals surface area contributed by atoms with Crippen LogP contribution in [0, 0.1) is 5.41 Å². The molecule has 1 aromatic carbocycles. The summed E-state index contributed by atoms with van der Waals surface area (Å²) < 4.78 is 1.67. The van der Waals surface area contributed by atoms with Crippen molar-refractivity contribution in [1.82, 2.24) is 15.1 Å². The summed E-state index contributed by atoms with van der Waals surface area (Å²) in [5.74, 6) is -0.147. The van der Waals surface area contributed by atoms with E-state index in [1.165, 1.54) is 0 Å². The number of rotatable bonds is 5. The Morgan fingerprint density at radius 3 is 2.57 bits per heavy atom. The van der Waals surface area contributed by atoms with Gasteiger partial charge in [-0.15, -0.1) is 0 Å². The fourth-order valence-corrected chi connectivity index (χ4v) is 1.75. The van der Waals surface area contributed by atoms with Gasteiger partial charge in [-0.3, -0.25) is 4.79 Å². The summed E-state index contributed by atoms with van der Waals surface area (Å²) in [6.45, 7) is 7.00. The largest absolute Gasteiger partial charge is 0.399 e. The van der Waals surface area contributed by atoms with Crippen LogP contribution < -0.4 is 11.1 Å². The Bertz CT molecular complexity index is 613. The molecule has 1 aromatic heterocycles. The van der Waals surface area contributed by atoms with E-state index in [1.54, 1.807) is 29.1 Å². The number of anilines is 1. The first-order valence-electron chi connectivity index (χ1n) is 7.11. The number of nitrogens with zero attached hydrogens (tertiary/aromatic N) is 2. The summed E-state index contributed by atoms with van der Waals surface area (Å²) in [6, 6.07) is 9.06. The molecule has 3 N–H and O–H groups in total. The summed E-state index contributed by atoms with van der Waals surface area (Å²) in [5, 5.41) is 7.23. The highest BCUT2D eigenvalue weighted by molar-refractivity contribution is 5.92. The molecular weight excluding hydrogens is 264 g/mol. The average Bonchev–Trinajstić information content (AvgIpc) is 2.95. The van der Waals surface area contributed by atoms with Crippen LogP contribution in [0.5, 0.6) is 0 Å². The molecule has 0 bridgehead atoms. The number of nitrogens with one attached hydrogen (secondary N) is 1. The average molecular weight is 286 g/mol. The quantitative estimate of drug-likeness (QED) is 0.830. The molecule has 0 aliphatic carbocycles. The molecule has 1 amide bonds. The van der Waals surface area contributed by atoms with Crippen molar-refractivity contribution in [3.63, 3.8) is 0 Å². The summed E-state index contributed by atoms with van der Waals surface area (Å²) >= 11 is 0. The summed E-state index contributed by atoms with van der Waals surface area (Å²) in [7, 11) is 0. The predicted molar refractivity (Wildman–Crippen MR) is 84.4 cm³/mol. The summed E-state index contributed by atoms with van der Waals surface area (Å²) in [5.41, 5.74) is 7.74. The van der Waals surface area contributed by atoms with E-state index < -0.39 is 0 Å². The lowest BCUT2D eigenvalue weighted by molar-refractivity contribution is 0.0930. The molecule has 0 aliphatic rings. The van der Waals surface area contributed by atoms with Crippen LogP contribution in [-0.4, -0.2) is 22.2 Å². The SMILES string of the molecule is CCC(C)(C)CNC(=O)c1ccn(-c2ccc(N)cc2)n1. The molecule has 112 valence electrons. The maximum Gasteiger partial charge on any atom is 0.271 e. The fourth-order valence-electron chi connectivity index (χ4n) is 1.75. The third-order valence-corrected chi connectivity index (χ3v) is 3.66. The Balaban J connectivity index is 2.06. The molecule has 0 radical (unpaired) electrons. The first-order chi connectivity index (χ1) is 9.91. The molecule has 0 spiro atoms. The second-order valence-corrected chi connectivity index (χ2v) is 5.94. The van der Waals surface area contributed by atoms with Gasteiger partial charge in [0.15, 0.2) is 5.69 Å². The van der Waals surface area contributed by atoms with Gasteiger partial charge in [0.2, 0.25) is 0 Å². The summed E-state index contributed by atoms with van der Waals surface area (Å²) in [4.78, 5) is 12.1. The standard InChI is InChI=1S/C16H22N4O/c1-4-16(2,3)11-18-15(21)14-9-10-20(19-14)13-7-5-12(17)6-8-13/h5-10H,4,11,17H2,1-3H3,(H,18,21). The molecule has 0 atom stereocenters. The highest BCUT2D eigenvalue weighted by Gasteiger charge is 2.17. The number of carbonyl (C=O) groups excluding carboxylic acids is 1. The van der Waals surface area contributed by atoms with Gasteiger partial charge in [-0.1, -0.05) is 20.8 Å². The molecule has 0 saturated heterocycles. The van der Waals surface area contributed by atoms with Gasteiger partial charge in [0.1, 0.15) is 0 Å². The van der Waals surface area contributed by atoms with Gasteiger partial charge in [-0.05, 0) is 42.2 Å². The monoisotopic (exact) mass is 286 g/mol. The highest BCUT2D eigenvalue weighted by atomic mass is 16.1. The van der Waals surface area contributed by atoms with Crippen LogP contribution in [0.25, 0.3) is 5.69 Å². The van der Waals surface area contributed by atoms with Gasteiger partial charge >= 0.3 is 0 Å². The van der Waals surface area contributed by atoms with Crippen LogP contribution >= 0.6 is 0 Å². The first kappa shape index (κ1) is 15.1. The van der Waals surface area contributed by atoms with Crippen molar-refractivity contribution < 1.29 is 4.79 Å². The van der Waals surface area contributed by atoms with Crippen molar-refractivity contribution in [3.8, 4) is 5.69 Å². The molecule has 5 nitrogen and oxygen atoms in total. The Morgan fingerprint density at radius 1 is 1.29 bits per heavy atom. The van der Waals surface area contributed by atoms with Crippen LogP contribution in [0.4, 0.5) is 5.69 Å². The van der Waals surface area contributed by atoms with Gasteiger partial charge in [-0.2, -0.15) is 5.10 Å². The van der Waals surface area contributed by atoms with Crippen LogP contribution in [-0.2, 0) is 0 Å². The number of nitrogen functional groups attached to an aromatic ring is 1. The molecule has 0 aliphatic heterocycles. The third-order valence-electron chi connectivity index (χ3n) is 3.66.